The fourth-order valence-electron chi connectivity index (χ4n) is 6.38. The first-order valence-corrected chi connectivity index (χ1v) is 17.8. The number of H-pyrrole nitrogens is 1. The molecule has 1 amide bonds. The molecule has 12 nitrogen and oxygen atoms in total. The topological polar surface area (TPSA) is 163 Å². The molecule has 1 saturated carbocycles. The van der Waals surface area contributed by atoms with Crippen LogP contribution in [-0.2, 0) is 30.7 Å². The SMILES string of the molecule is CC(C)CN(C[C@@H](O)[C@H](Cc1ccccc1)NC(=O)O[C@H]1CO[C@@H]2OCC[C@@H]21)S(=O)(=O)c1ccc2c(C=NC3CCC3)c(O)[nH]c2c1. The number of aliphatic imine (C=N–C) groups is 1. The van der Waals surface area contributed by atoms with E-state index in [-0.39, 0.29) is 61.1 Å². The number of aromatic amines is 1. The fraction of sp³-hybridized carbons (Fsp3) is 0.529. The molecule has 2 aliphatic heterocycles. The molecule has 4 N–H and O–H groups in total. The van der Waals surface area contributed by atoms with Crippen LogP contribution < -0.4 is 5.32 Å². The lowest BCUT2D eigenvalue weighted by atomic mass is 9.94. The summed E-state index contributed by atoms with van der Waals surface area (Å²) in [7, 11) is -4.11. The van der Waals surface area contributed by atoms with E-state index in [1.807, 2.05) is 44.2 Å². The van der Waals surface area contributed by atoms with Crippen LogP contribution in [0, 0.1) is 11.8 Å². The van der Waals surface area contributed by atoms with E-state index in [1.54, 1.807) is 12.3 Å². The van der Waals surface area contributed by atoms with Crippen LogP contribution in [0.4, 0.5) is 4.79 Å². The molecular weight excluding hydrogens is 624 g/mol. The monoisotopic (exact) mass is 668 g/mol. The van der Waals surface area contributed by atoms with Gasteiger partial charge in [-0.2, -0.15) is 4.31 Å². The predicted molar refractivity (Wildman–Crippen MR) is 176 cm³/mol. The van der Waals surface area contributed by atoms with Gasteiger partial charge in [-0.1, -0.05) is 50.2 Å². The van der Waals surface area contributed by atoms with Crippen molar-refractivity contribution < 1.29 is 37.6 Å². The third-order valence-corrected chi connectivity index (χ3v) is 11.0. The standard InChI is InChI=1S/C34H44N4O8S/c1-21(2)18-38(47(42,43)24-11-12-25-27(17-35-23-9-6-10-23)32(40)36-28(25)16-24)19-30(39)29(15-22-7-4-3-5-8-22)37-34(41)46-31-20-45-33-26(31)13-14-44-33/h3-5,7-8,11-12,16-17,21,23,26,29-31,33,36,39-40H,6,9-10,13-15,18-20H2,1-2H3,(H,37,41)/t26-,29+,30-,31+,33+/m1/s1. The fourth-order valence-corrected chi connectivity index (χ4v) is 8.02. The molecule has 0 bridgehead atoms. The van der Waals surface area contributed by atoms with Crippen LogP contribution in [0.15, 0.2) is 58.4 Å². The zero-order valence-corrected chi connectivity index (χ0v) is 27.6. The molecule has 0 unspecified atom stereocenters. The molecule has 3 heterocycles. The van der Waals surface area contributed by atoms with Gasteiger partial charge in [0, 0.05) is 30.7 Å². The van der Waals surface area contributed by atoms with E-state index in [4.69, 9.17) is 14.2 Å². The van der Waals surface area contributed by atoms with Gasteiger partial charge in [0.25, 0.3) is 0 Å². The van der Waals surface area contributed by atoms with Crippen LogP contribution in [-0.4, -0.2) is 97.1 Å². The highest BCUT2D eigenvalue weighted by Crippen LogP contribution is 2.33. The van der Waals surface area contributed by atoms with Gasteiger partial charge in [-0.15, -0.1) is 0 Å². The summed E-state index contributed by atoms with van der Waals surface area (Å²) in [6, 6.07) is 13.4. The van der Waals surface area contributed by atoms with E-state index in [1.165, 1.54) is 16.4 Å². The molecule has 3 aliphatic rings. The molecule has 1 aliphatic carbocycles. The molecule has 3 fully saturated rings. The Bertz CT molecular complexity index is 1670. The predicted octanol–water partition coefficient (Wildman–Crippen LogP) is 3.95. The van der Waals surface area contributed by atoms with E-state index in [2.05, 4.69) is 15.3 Å². The Morgan fingerprint density at radius 2 is 1.94 bits per heavy atom. The van der Waals surface area contributed by atoms with Crippen molar-refractivity contribution in [1.29, 1.82) is 0 Å². The van der Waals surface area contributed by atoms with Crippen molar-refractivity contribution in [2.45, 2.75) is 81.4 Å². The van der Waals surface area contributed by atoms with Crippen molar-refractivity contribution in [3.05, 3.63) is 59.7 Å². The normalized spacial score (nSPS) is 23.0. The Balaban J connectivity index is 1.21. The van der Waals surface area contributed by atoms with Gasteiger partial charge in [-0.05, 0) is 55.7 Å². The van der Waals surface area contributed by atoms with Crippen molar-refractivity contribution in [1.82, 2.24) is 14.6 Å². The quantitative estimate of drug-likeness (QED) is 0.199. The second-order valence-corrected chi connectivity index (χ2v) is 15.1. The second-order valence-electron chi connectivity index (χ2n) is 13.2. The largest absolute Gasteiger partial charge is 0.494 e. The number of sulfonamides is 1. The Morgan fingerprint density at radius 3 is 2.66 bits per heavy atom. The zero-order valence-electron chi connectivity index (χ0n) is 26.7. The number of aromatic nitrogens is 1. The van der Waals surface area contributed by atoms with Gasteiger partial charge in [0.05, 0.1) is 47.3 Å². The minimum Gasteiger partial charge on any atom is -0.494 e. The van der Waals surface area contributed by atoms with Crippen LogP contribution in [0.25, 0.3) is 10.9 Å². The number of carbonyl (C=O) groups is 1. The van der Waals surface area contributed by atoms with Crippen molar-refractivity contribution in [2.24, 2.45) is 16.8 Å². The smallest absolute Gasteiger partial charge is 0.407 e. The Hall–Kier alpha value is -3.49. The van der Waals surface area contributed by atoms with Crippen molar-refractivity contribution in [2.75, 3.05) is 26.3 Å². The van der Waals surface area contributed by atoms with Gasteiger partial charge in [-0.3, -0.25) is 4.99 Å². The molecule has 0 radical (unpaired) electrons. The molecule has 6 rings (SSSR count). The van der Waals surface area contributed by atoms with Crippen molar-refractivity contribution in [3.8, 4) is 5.88 Å². The minimum absolute atomic E-state index is 0.0168. The molecule has 47 heavy (non-hydrogen) atoms. The Morgan fingerprint density at radius 1 is 1.15 bits per heavy atom. The highest BCUT2D eigenvalue weighted by molar-refractivity contribution is 7.89. The Labute approximate surface area is 275 Å². The number of hydrogen-bond donors (Lipinski definition) is 4. The number of rotatable bonds is 13. The molecule has 13 heteroatoms. The summed E-state index contributed by atoms with van der Waals surface area (Å²) >= 11 is 0. The summed E-state index contributed by atoms with van der Waals surface area (Å²) in [5.74, 6) is -0.178. The van der Waals surface area contributed by atoms with Crippen molar-refractivity contribution >= 4 is 33.2 Å². The zero-order chi connectivity index (χ0) is 33.1. The highest BCUT2D eigenvalue weighted by Gasteiger charge is 2.44. The summed E-state index contributed by atoms with van der Waals surface area (Å²) in [5, 5.41) is 25.6. The van der Waals surface area contributed by atoms with Gasteiger partial charge in [0.2, 0.25) is 10.0 Å². The summed E-state index contributed by atoms with van der Waals surface area (Å²) in [6.45, 7) is 4.44. The summed E-state index contributed by atoms with van der Waals surface area (Å²) in [4.78, 5) is 20.6. The van der Waals surface area contributed by atoms with Gasteiger partial charge >= 0.3 is 6.09 Å². The maximum atomic E-state index is 14.1. The van der Waals surface area contributed by atoms with Gasteiger partial charge in [0.15, 0.2) is 12.2 Å². The summed E-state index contributed by atoms with van der Waals surface area (Å²) < 4.78 is 46.3. The molecule has 5 atom stereocenters. The third kappa shape index (κ3) is 7.65. The minimum atomic E-state index is -4.11. The highest BCUT2D eigenvalue weighted by atomic mass is 32.2. The van der Waals surface area contributed by atoms with Gasteiger partial charge in [0.1, 0.15) is 6.10 Å². The van der Waals surface area contributed by atoms with Gasteiger partial charge in [-0.25, -0.2) is 13.2 Å². The number of benzene rings is 2. The van der Waals surface area contributed by atoms with E-state index < -0.39 is 34.4 Å². The molecule has 0 spiro atoms. The lowest BCUT2D eigenvalue weighted by Gasteiger charge is -2.31. The third-order valence-electron chi connectivity index (χ3n) is 9.19. The number of ether oxygens (including phenoxy) is 3. The first kappa shape index (κ1) is 33.4. The number of hydrogen-bond acceptors (Lipinski definition) is 9. The van der Waals surface area contributed by atoms with Crippen LogP contribution in [0.1, 0.15) is 50.7 Å². The van der Waals surface area contributed by atoms with Gasteiger partial charge < -0.3 is 34.7 Å². The number of fused-ring (bicyclic) bond motifs is 2. The van der Waals surface area contributed by atoms with E-state index >= 15 is 0 Å². The molecule has 2 saturated heterocycles. The first-order chi connectivity index (χ1) is 22.6. The van der Waals surface area contributed by atoms with Crippen LogP contribution >= 0.6 is 0 Å². The van der Waals surface area contributed by atoms with Crippen molar-refractivity contribution in [3.63, 3.8) is 0 Å². The number of amides is 1. The second kappa shape index (κ2) is 14.3. The number of nitrogens with one attached hydrogen (secondary N) is 2. The van der Waals surface area contributed by atoms with Crippen LogP contribution in [0.2, 0.25) is 0 Å². The molecule has 3 aromatic rings. The number of carbonyl (C=O) groups excluding carboxylic acids is 1. The number of aromatic hydroxyl groups is 1. The van der Waals surface area contributed by atoms with E-state index in [9.17, 15) is 23.4 Å². The summed E-state index contributed by atoms with van der Waals surface area (Å²) in [5.41, 5.74) is 1.84. The average Bonchev–Trinajstić information content (AvgIpc) is 3.71. The van der Waals surface area contributed by atoms with Crippen LogP contribution in [0.3, 0.4) is 0 Å². The number of aliphatic hydroxyl groups excluding tert-OH is 1. The van der Waals surface area contributed by atoms with Crippen LogP contribution in [0.5, 0.6) is 5.88 Å². The molecular formula is C34H44N4O8S. The Kier molecular flexibility index (Phi) is 10.2. The first-order valence-electron chi connectivity index (χ1n) is 16.4. The number of alkyl carbamates (subject to hydrolysis) is 1. The molecule has 254 valence electrons. The average molecular weight is 669 g/mol. The molecule has 1 aromatic heterocycles. The number of aliphatic hydroxyl groups is 1. The molecule has 2 aromatic carbocycles. The summed E-state index contributed by atoms with van der Waals surface area (Å²) in [6.07, 6.45) is 2.98. The van der Waals surface area contributed by atoms with E-state index in [0.717, 1.165) is 31.2 Å². The van der Waals surface area contributed by atoms with E-state index in [0.29, 0.717) is 23.1 Å². The lowest BCUT2D eigenvalue weighted by molar-refractivity contribution is -0.0907. The maximum absolute atomic E-state index is 14.1. The maximum Gasteiger partial charge on any atom is 0.407 e. The number of nitrogens with zero attached hydrogens (tertiary/aromatic N) is 2. The lowest BCUT2D eigenvalue weighted by Crippen LogP contribution is -2.51.